The maximum absolute atomic E-state index is 12.6. The molecule has 4 aromatic rings. The number of benzene rings is 2. The van der Waals surface area contributed by atoms with Gasteiger partial charge in [0.15, 0.2) is 5.69 Å². The van der Waals surface area contributed by atoms with E-state index in [1.807, 2.05) is 30.3 Å². The van der Waals surface area contributed by atoms with Crippen LogP contribution < -0.4 is 5.32 Å². The maximum Gasteiger partial charge on any atom is 0.279 e. The number of carbonyl (C=O) groups is 1. The van der Waals surface area contributed by atoms with Gasteiger partial charge >= 0.3 is 0 Å². The summed E-state index contributed by atoms with van der Waals surface area (Å²) in [7, 11) is 0. The van der Waals surface area contributed by atoms with Gasteiger partial charge in [-0.2, -0.15) is 5.26 Å². The minimum atomic E-state index is -0.407. The van der Waals surface area contributed by atoms with Gasteiger partial charge < -0.3 is 5.32 Å². The lowest BCUT2D eigenvalue weighted by Crippen LogP contribution is -2.15. The summed E-state index contributed by atoms with van der Waals surface area (Å²) >= 11 is 0. The Morgan fingerprint density at radius 3 is 2.70 bits per heavy atom. The van der Waals surface area contributed by atoms with E-state index < -0.39 is 5.91 Å². The number of rotatable bonds is 3. The summed E-state index contributed by atoms with van der Waals surface area (Å²) < 4.78 is 1.49. The molecule has 1 amide bonds. The summed E-state index contributed by atoms with van der Waals surface area (Å²) in [4.78, 5) is 17.1. The summed E-state index contributed by atoms with van der Waals surface area (Å²) in [5, 5.41) is 21.0. The fourth-order valence-corrected chi connectivity index (χ4v) is 2.83. The topological polar surface area (TPSA) is 96.5 Å². The third kappa shape index (κ3) is 3.00. The zero-order chi connectivity index (χ0) is 18.8. The normalized spacial score (nSPS) is 10.5. The molecule has 2 aromatic carbocycles. The molecule has 4 rings (SSSR count). The van der Waals surface area contributed by atoms with Crippen LogP contribution in [0.3, 0.4) is 0 Å². The number of hydrogen-bond donors (Lipinski definition) is 1. The number of aromatic nitrogens is 4. The molecule has 0 unspecified atom stereocenters. The second-order valence-corrected chi connectivity index (χ2v) is 5.91. The molecule has 0 bridgehead atoms. The molecule has 0 aliphatic rings. The number of fused-ring (bicyclic) bond motifs is 1. The highest BCUT2D eigenvalue weighted by atomic mass is 16.2. The largest absolute Gasteiger partial charge is 0.305 e. The number of hydrogen-bond acceptors (Lipinski definition) is 5. The molecule has 0 aliphatic carbocycles. The predicted molar refractivity (Wildman–Crippen MR) is 101 cm³/mol. The molecule has 7 nitrogen and oxygen atoms in total. The minimum Gasteiger partial charge on any atom is -0.305 e. The molecule has 130 valence electrons. The Balaban J connectivity index is 1.64. The van der Waals surface area contributed by atoms with Crippen LogP contribution in [0.1, 0.15) is 21.7 Å². The molecule has 27 heavy (non-hydrogen) atoms. The fraction of sp³-hybridized carbons (Fsp3) is 0.0500. The quantitative estimate of drug-likeness (QED) is 0.609. The molecule has 0 atom stereocenters. The van der Waals surface area contributed by atoms with E-state index in [4.69, 9.17) is 0 Å². The van der Waals surface area contributed by atoms with Gasteiger partial charge in [0.2, 0.25) is 0 Å². The molecule has 2 aromatic heterocycles. The van der Waals surface area contributed by atoms with E-state index in [-0.39, 0.29) is 5.69 Å². The average molecular weight is 354 g/mol. The van der Waals surface area contributed by atoms with Crippen molar-refractivity contribution in [2.75, 3.05) is 5.32 Å². The van der Waals surface area contributed by atoms with E-state index in [1.165, 1.54) is 4.68 Å². The zero-order valence-corrected chi connectivity index (χ0v) is 14.4. The number of anilines is 1. The van der Waals surface area contributed by atoms with Crippen LogP contribution in [0, 0.1) is 18.3 Å². The molecular formula is C20H14N6O. The molecule has 0 fully saturated rings. The lowest BCUT2D eigenvalue weighted by molar-refractivity contribution is 0.102. The summed E-state index contributed by atoms with van der Waals surface area (Å²) in [6, 6.07) is 20.4. The molecular weight excluding hydrogens is 340 g/mol. The standard InChI is InChI=1S/C20H14N6O/c1-13-19(24-25-26(13)17-9-5-3-7-15(17)12-21)20(27)23-18-11-10-14-6-2-4-8-16(14)22-18/h2-11H,1H3,(H,22,23,27). The lowest BCUT2D eigenvalue weighted by Gasteiger charge is -2.06. The first-order valence-electron chi connectivity index (χ1n) is 8.26. The van der Waals surface area contributed by atoms with E-state index in [9.17, 15) is 10.1 Å². The molecule has 0 saturated carbocycles. The highest BCUT2D eigenvalue weighted by Crippen LogP contribution is 2.18. The Kier molecular flexibility index (Phi) is 4.07. The summed E-state index contributed by atoms with van der Waals surface area (Å²) in [6.45, 7) is 1.73. The summed E-state index contributed by atoms with van der Waals surface area (Å²) in [5.74, 6) is 0.0287. The van der Waals surface area contributed by atoms with Crippen molar-refractivity contribution >= 4 is 22.6 Å². The van der Waals surface area contributed by atoms with Gasteiger partial charge in [-0.25, -0.2) is 9.67 Å². The number of amides is 1. The first kappa shape index (κ1) is 16.4. The third-order valence-electron chi connectivity index (χ3n) is 4.20. The first-order valence-corrected chi connectivity index (χ1v) is 8.26. The van der Waals surface area contributed by atoms with Crippen molar-refractivity contribution < 1.29 is 4.79 Å². The van der Waals surface area contributed by atoms with Gasteiger partial charge in [0, 0.05) is 5.39 Å². The van der Waals surface area contributed by atoms with Crippen molar-refractivity contribution in [3.05, 3.63) is 77.6 Å². The summed E-state index contributed by atoms with van der Waals surface area (Å²) in [5.41, 5.74) is 2.54. The van der Waals surface area contributed by atoms with Gasteiger partial charge in [0.25, 0.3) is 5.91 Å². The van der Waals surface area contributed by atoms with Gasteiger partial charge in [0.05, 0.1) is 22.5 Å². The Morgan fingerprint density at radius 2 is 1.85 bits per heavy atom. The Bertz CT molecular complexity index is 1200. The van der Waals surface area contributed by atoms with Crippen LogP contribution >= 0.6 is 0 Å². The van der Waals surface area contributed by atoms with E-state index in [1.54, 1.807) is 37.3 Å². The van der Waals surface area contributed by atoms with Crippen molar-refractivity contribution in [3.8, 4) is 11.8 Å². The maximum atomic E-state index is 12.6. The van der Waals surface area contributed by atoms with Gasteiger partial charge in [-0.15, -0.1) is 5.10 Å². The first-order chi connectivity index (χ1) is 13.2. The Morgan fingerprint density at radius 1 is 1.07 bits per heavy atom. The van der Waals surface area contributed by atoms with Crippen LogP contribution in [0.25, 0.3) is 16.6 Å². The average Bonchev–Trinajstić information content (AvgIpc) is 3.09. The Labute approximate surface area is 154 Å². The predicted octanol–water partition coefficient (Wildman–Crippen LogP) is 3.25. The van der Waals surface area contributed by atoms with Crippen molar-refractivity contribution in [1.82, 2.24) is 20.0 Å². The molecule has 2 heterocycles. The smallest absolute Gasteiger partial charge is 0.279 e. The lowest BCUT2D eigenvalue weighted by atomic mass is 10.2. The molecule has 1 N–H and O–H groups in total. The highest BCUT2D eigenvalue weighted by molar-refractivity contribution is 6.03. The van der Waals surface area contributed by atoms with Crippen LogP contribution in [-0.4, -0.2) is 25.9 Å². The van der Waals surface area contributed by atoms with Crippen molar-refractivity contribution in [3.63, 3.8) is 0 Å². The van der Waals surface area contributed by atoms with Crippen LogP contribution in [0.4, 0.5) is 5.82 Å². The zero-order valence-electron chi connectivity index (χ0n) is 14.4. The van der Waals surface area contributed by atoms with Crippen LogP contribution in [0.5, 0.6) is 0 Å². The fourth-order valence-electron chi connectivity index (χ4n) is 2.83. The molecule has 0 aliphatic heterocycles. The number of nitrogens with zero attached hydrogens (tertiary/aromatic N) is 5. The molecule has 7 heteroatoms. The monoisotopic (exact) mass is 354 g/mol. The van der Waals surface area contributed by atoms with Crippen molar-refractivity contribution in [2.24, 2.45) is 0 Å². The molecule has 0 radical (unpaired) electrons. The summed E-state index contributed by atoms with van der Waals surface area (Å²) in [6.07, 6.45) is 0. The number of pyridine rings is 1. The van der Waals surface area contributed by atoms with E-state index >= 15 is 0 Å². The number of nitriles is 1. The molecule has 0 saturated heterocycles. The van der Waals surface area contributed by atoms with Gasteiger partial charge in [-0.3, -0.25) is 4.79 Å². The minimum absolute atomic E-state index is 0.178. The van der Waals surface area contributed by atoms with Gasteiger partial charge in [-0.1, -0.05) is 35.5 Å². The number of nitrogens with one attached hydrogen (secondary N) is 1. The van der Waals surface area contributed by atoms with E-state index in [0.717, 1.165) is 10.9 Å². The van der Waals surface area contributed by atoms with Gasteiger partial charge in [0.1, 0.15) is 11.9 Å². The number of carbonyl (C=O) groups excluding carboxylic acids is 1. The highest BCUT2D eigenvalue weighted by Gasteiger charge is 2.19. The third-order valence-corrected chi connectivity index (χ3v) is 4.20. The SMILES string of the molecule is Cc1c(C(=O)Nc2ccc3ccccc3n2)nnn1-c1ccccc1C#N. The van der Waals surface area contributed by atoms with Crippen LogP contribution in [0.2, 0.25) is 0 Å². The van der Waals surface area contributed by atoms with Crippen molar-refractivity contribution in [1.29, 1.82) is 5.26 Å². The van der Waals surface area contributed by atoms with Gasteiger partial charge in [-0.05, 0) is 37.3 Å². The van der Waals surface area contributed by atoms with Crippen LogP contribution in [-0.2, 0) is 0 Å². The second-order valence-electron chi connectivity index (χ2n) is 5.91. The van der Waals surface area contributed by atoms with Crippen LogP contribution in [0.15, 0.2) is 60.7 Å². The Hall–Kier alpha value is -4.05. The van der Waals surface area contributed by atoms with E-state index in [0.29, 0.717) is 22.8 Å². The van der Waals surface area contributed by atoms with E-state index in [2.05, 4.69) is 26.7 Å². The number of para-hydroxylation sites is 2. The second kappa shape index (κ2) is 6.69. The molecule has 0 spiro atoms. The van der Waals surface area contributed by atoms with Crippen molar-refractivity contribution in [2.45, 2.75) is 6.92 Å².